The zero-order valence-corrected chi connectivity index (χ0v) is 12.5. The number of anilines is 1. The Morgan fingerprint density at radius 3 is 3.00 bits per heavy atom. The molecular weight excluding hydrogens is 268 g/mol. The molecule has 7 nitrogen and oxygen atoms in total. The lowest BCUT2D eigenvalue weighted by atomic mass is 9.98. The molecule has 0 saturated carbocycles. The molecule has 0 aromatic carbocycles. The number of hydrogen-bond acceptors (Lipinski definition) is 6. The zero-order chi connectivity index (χ0) is 14.8. The highest BCUT2D eigenvalue weighted by atomic mass is 16.5. The molecule has 1 fully saturated rings. The first kappa shape index (κ1) is 14.1. The van der Waals surface area contributed by atoms with Crippen molar-refractivity contribution in [2.45, 2.75) is 39.2 Å². The molecule has 3 N–H and O–H groups in total. The molecule has 0 spiro atoms. The molecule has 0 aliphatic carbocycles. The molecule has 0 unspecified atom stereocenters. The Kier molecular flexibility index (Phi) is 3.92. The van der Waals surface area contributed by atoms with Crippen molar-refractivity contribution in [3.63, 3.8) is 0 Å². The summed E-state index contributed by atoms with van der Waals surface area (Å²) >= 11 is 0. The van der Waals surface area contributed by atoms with Crippen molar-refractivity contribution in [1.29, 1.82) is 0 Å². The second-order valence-corrected chi connectivity index (χ2v) is 5.71. The molecule has 2 aromatic rings. The zero-order valence-electron chi connectivity index (χ0n) is 12.5. The van der Waals surface area contributed by atoms with E-state index in [4.69, 9.17) is 10.5 Å². The molecule has 7 heteroatoms. The third kappa shape index (κ3) is 2.92. The molecule has 2 aromatic heterocycles. The number of ether oxygens (including phenoxy) is 1. The second kappa shape index (κ2) is 5.85. The van der Waals surface area contributed by atoms with Crippen LogP contribution < -0.4 is 15.8 Å². The standard InChI is InChI=1S/C14H22N6O/c1-3-4-9(2)21-14-18-12(15)13-17-8-11(20(13)19-14)5-10-6-16-7-10/h8-10,16H,3-7H2,1-2H3,(H2,15,18,19)/t9-/m0/s1. The SMILES string of the molecule is CCC[C@H](C)Oc1nc(N)c2ncc(CC3CNC3)n2n1. The van der Waals surface area contributed by atoms with Crippen molar-refractivity contribution in [3.8, 4) is 6.01 Å². The fourth-order valence-electron chi connectivity index (χ4n) is 2.55. The average Bonchev–Trinajstić information content (AvgIpc) is 2.77. The van der Waals surface area contributed by atoms with Crippen molar-refractivity contribution in [1.82, 2.24) is 24.9 Å². The van der Waals surface area contributed by atoms with Crippen LogP contribution in [0.4, 0.5) is 5.82 Å². The van der Waals surface area contributed by atoms with E-state index in [9.17, 15) is 0 Å². The van der Waals surface area contributed by atoms with E-state index in [0.29, 0.717) is 23.4 Å². The molecule has 21 heavy (non-hydrogen) atoms. The summed E-state index contributed by atoms with van der Waals surface area (Å²) in [4.78, 5) is 8.52. The smallest absolute Gasteiger partial charge is 0.336 e. The van der Waals surface area contributed by atoms with Gasteiger partial charge in [-0.15, -0.1) is 5.10 Å². The van der Waals surface area contributed by atoms with E-state index in [0.717, 1.165) is 38.0 Å². The van der Waals surface area contributed by atoms with Gasteiger partial charge in [0.1, 0.15) is 0 Å². The highest BCUT2D eigenvalue weighted by Crippen LogP contribution is 2.19. The van der Waals surface area contributed by atoms with Gasteiger partial charge in [0.15, 0.2) is 11.5 Å². The normalized spacial score (nSPS) is 16.9. The molecule has 0 bridgehead atoms. The van der Waals surface area contributed by atoms with Crippen molar-refractivity contribution in [3.05, 3.63) is 11.9 Å². The Morgan fingerprint density at radius 1 is 1.52 bits per heavy atom. The van der Waals surface area contributed by atoms with Crippen LogP contribution in [0.25, 0.3) is 5.65 Å². The van der Waals surface area contributed by atoms with Crippen LogP contribution in [0.3, 0.4) is 0 Å². The van der Waals surface area contributed by atoms with E-state index in [-0.39, 0.29) is 6.10 Å². The molecule has 3 rings (SSSR count). The van der Waals surface area contributed by atoms with E-state index in [1.165, 1.54) is 0 Å². The van der Waals surface area contributed by atoms with Gasteiger partial charge in [0, 0.05) is 0 Å². The first-order valence-corrected chi connectivity index (χ1v) is 7.55. The van der Waals surface area contributed by atoms with Gasteiger partial charge in [-0.05, 0) is 38.8 Å². The molecule has 0 radical (unpaired) electrons. The van der Waals surface area contributed by atoms with E-state index in [1.54, 1.807) is 4.52 Å². The van der Waals surface area contributed by atoms with Gasteiger partial charge >= 0.3 is 6.01 Å². The lowest BCUT2D eigenvalue weighted by Gasteiger charge is -2.26. The Balaban J connectivity index is 1.86. The molecule has 1 aliphatic rings. The van der Waals surface area contributed by atoms with Gasteiger partial charge in [0.05, 0.1) is 18.0 Å². The molecule has 1 aliphatic heterocycles. The summed E-state index contributed by atoms with van der Waals surface area (Å²) in [5, 5.41) is 7.72. The Morgan fingerprint density at radius 2 is 2.33 bits per heavy atom. The number of fused-ring (bicyclic) bond motifs is 1. The maximum absolute atomic E-state index is 5.97. The molecule has 1 atom stereocenters. The minimum atomic E-state index is 0.0784. The summed E-state index contributed by atoms with van der Waals surface area (Å²) < 4.78 is 7.52. The number of rotatable bonds is 6. The third-order valence-electron chi connectivity index (χ3n) is 3.80. The number of nitrogens with one attached hydrogen (secondary N) is 1. The van der Waals surface area contributed by atoms with Gasteiger partial charge in [-0.2, -0.15) is 4.98 Å². The largest absolute Gasteiger partial charge is 0.459 e. The summed E-state index contributed by atoms with van der Waals surface area (Å²) in [5.41, 5.74) is 7.63. The number of imidazole rings is 1. The van der Waals surface area contributed by atoms with Crippen LogP contribution >= 0.6 is 0 Å². The van der Waals surface area contributed by atoms with Gasteiger partial charge < -0.3 is 15.8 Å². The van der Waals surface area contributed by atoms with Crippen molar-refractivity contribution < 1.29 is 4.74 Å². The highest BCUT2D eigenvalue weighted by molar-refractivity contribution is 5.59. The van der Waals surface area contributed by atoms with Crippen LogP contribution in [-0.4, -0.2) is 38.8 Å². The minimum absolute atomic E-state index is 0.0784. The van der Waals surface area contributed by atoms with Crippen LogP contribution in [0.2, 0.25) is 0 Å². The molecule has 114 valence electrons. The van der Waals surface area contributed by atoms with Crippen molar-refractivity contribution in [2.75, 3.05) is 18.8 Å². The predicted octanol–water partition coefficient (Wildman–Crippen LogP) is 1.04. The maximum Gasteiger partial charge on any atom is 0.336 e. The van der Waals surface area contributed by atoms with E-state index in [2.05, 4.69) is 27.3 Å². The number of nitrogens with zero attached hydrogens (tertiary/aromatic N) is 4. The summed E-state index contributed by atoms with van der Waals surface area (Å²) in [6.07, 6.45) is 4.87. The number of nitrogens with two attached hydrogens (primary N) is 1. The second-order valence-electron chi connectivity index (χ2n) is 5.71. The van der Waals surface area contributed by atoms with Crippen LogP contribution in [-0.2, 0) is 6.42 Å². The number of aromatic nitrogens is 4. The Bertz CT molecular complexity index is 621. The summed E-state index contributed by atoms with van der Waals surface area (Å²) in [7, 11) is 0. The van der Waals surface area contributed by atoms with Crippen molar-refractivity contribution in [2.24, 2.45) is 5.92 Å². The highest BCUT2D eigenvalue weighted by Gasteiger charge is 2.20. The Hall–Kier alpha value is -1.89. The maximum atomic E-state index is 5.97. The molecule has 3 heterocycles. The van der Waals surface area contributed by atoms with Crippen molar-refractivity contribution >= 4 is 11.5 Å². The van der Waals surface area contributed by atoms with Gasteiger partial charge in [-0.1, -0.05) is 13.3 Å². The Labute approximate surface area is 123 Å². The fourth-order valence-corrected chi connectivity index (χ4v) is 2.55. The van der Waals surface area contributed by atoms with E-state index >= 15 is 0 Å². The summed E-state index contributed by atoms with van der Waals surface area (Å²) in [6.45, 7) is 6.23. The van der Waals surface area contributed by atoms with Gasteiger partial charge in [0.25, 0.3) is 0 Å². The van der Waals surface area contributed by atoms with Crippen LogP contribution in [0.1, 0.15) is 32.4 Å². The number of nitrogen functional groups attached to an aromatic ring is 1. The lowest BCUT2D eigenvalue weighted by molar-refractivity contribution is 0.189. The monoisotopic (exact) mass is 290 g/mol. The van der Waals surface area contributed by atoms with Gasteiger partial charge in [-0.25, -0.2) is 9.50 Å². The minimum Gasteiger partial charge on any atom is -0.459 e. The average molecular weight is 290 g/mol. The fraction of sp³-hybridized carbons (Fsp3) is 0.643. The van der Waals surface area contributed by atoms with E-state index in [1.807, 2.05) is 13.1 Å². The number of hydrogen-bond donors (Lipinski definition) is 2. The first-order valence-electron chi connectivity index (χ1n) is 7.55. The molecular formula is C14H22N6O. The topological polar surface area (TPSA) is 90.4 Å². The van der Waals surface area contributed by atoms with E-state index < -0.39 is 0 Å². The third-order valence-corrected chi connectivity index (χ3v) is 3.80. The first-order chi connectivity index (χ1) is 10.2. The van der Waals surface area contributed by atoms with Gasteiger partial charge in [0.2, 0.25) is 0 Å². The molecule has 1 saturated heterocycles. The van der Waals surface area contributed by atoms with Crippen LogP contribution in [0, 0.1) is 5.92 Å². The summed E-state index contributed by atoms with van der Waals surface area (Å²) in [5.74, 6) is 1.01. The van der Waals surface area contributed by atoms with Crippen LogP contribution in [0.5, 0.6) is 6.01 Å². The predicted molar refractivity (Wildman–Crippen MR) is 80.3 cm³/mol. The summed E-state index contributed by atoms with van der Waals surface area (Å²) in [6, 6.07) is 0.326. The quantitative estimate of drug-likeness (QED) is 0.826. The van der Waals surface area contributed by atoms with Crippen LogP contribution in [0.15, 0.2) is 6.20 Å². The molecule has 0 amide bonds. The van der Waals surface area contributed by atoms with Gasteiger partial charge in [-0.3, -0.25) is 0 Å². The lowest BCUT2D eigenvalue weighted by Crippen LogP contribution is -2.43.